The Kier molecular flexibility index (Phi) is 8.34. The number of hydrogen-bond acceptors (Lipinski definition) is 2. The topological polar surface area (TPSA) is 60.2 Å². The van der Waals surface area contributed by atoms with Crippen molar-refractivity contribution in [3.8, 4) is 0 Å². The molecule has 4 heteroatoms. The first-order chi connectivity index (χ1) is 11.9. The molecule has 26 heavy (non-hydrogen) atoms. The first-order valence-corrected chi connectivity index (χ1v) is 11.6. The molecule has 0 radical (unpaired) electrons. The minimum atomic E-state index is -3.71. The maximum Gasteiger partial charge on any atom is 0.238 e. The molecule has 0 aliphatic carbocycles. The van der Waals surface area contributed by atoms with Gasteiger partial charge in [-0.05, 0) is 47.3 Å². The lowest BCUT2D eigenvalue weighted by molar-refractivity contribution is 0.284. The fraction of sp³-hybridized carbons (Fsp3) is 0.727. The van der Waals surface area contributed by atoms with E-state index in [2.05, 4.69) is 47.6 Å². The summed E-state index contributed by atoms with van der Waals surface area (Å²) >= 11 is 0. The van der Waals surface area contributed by atoms with Gasteiger partial charge < -0.3 is 0 Å². The summed E-state index contributed by atoms with van der Waals surface area (Å²) in [5.41, 5.74) is 1.97. The number of rotatable bonds is 10. The lowest BCUT2D eigenvalue weighted by Gasteiger charge is -2.33. The van der Waals surface area contributed by atoms with Gasteiger partial charge in [-0.25, -0.2) is 13.6 Å². The van der Waals surface area contributed by atoms with Gasteiger partial charge in [0.25, 0.3) is 0 Å². The fourth-order valence-corrected chi connectivity index (χ4v) is 4.80. The zero-order valence-electron chi connectivity index (χ0n) is 17.7. The molecule has 0 unspecified atom stereocenters. The zero-order valence-corrected chi connectivity index (χ0v) is 18.5. The van der Waals surface area contributed by atoms with Crippen LogP contribution in [0.25, 0.3) is 0 Å². The Hall–Kier alpha value is -0.870. The van der Waals surface area contributed by atoms with Crippen molar-refractivity contribution in [2.24, 2.45) is 10.6 Å². The van der Waals surface area contributed by atoms with Gasteiger partial charge in [-0.3, -0.25) is 0 Å². The summed E-state index contributed by atoms with van der Waals surface area (Å²) in [6.07, 6.45) is 8.89. The number of hydrogen-bond donors (Lipinski definition) is 1. The van der Waals surface area contributed by atoms with Crippen molar-refractivity contribution in [2.45, 2.75) is 103 Å². The molecule has 0 aromatic heterocycles. The van der Waals surface area contributed by atoms with Gasteiger partial charge in [-0.15, -0.1) is 0 Å². The van der Waals surface area contributed by atoms with Crippen LogP contribution in [-0.4, -0.2) is 8.42 Å². The molecule has 0 spiro atoms. The van der Waals surface area contributed by atoms with Crippen molar-refractivity contribution < 1.29 is 8.42 Å². The second-order valence-electron chi connectivity index (χ2n) is 9.51. The van der Waals surface area contributed by atoms with Crippen LogP contribution in [0.4, 0.5) is 0 Å². The van der Waals surface area contributed by atoms with E-state index in [1.54, 1.807) is 0 Å². The number of sulfonamides is 1. The number of nitrogens with two attached hydrogens (primary N) is 1. The number of unbranched alkanes of at least 4 members (excludes halogenated alkanes) is 5. The van der Waals surface area contributed by atoms with E-state index in [1.807, 2.05) is 12.1 Å². The van der Waals surface area contributed by atoms with Crippen molar-refractivity contribution >= 4 is 10.0 Å². The second kappa shape index (κ2) is 9.36. The summed E-state index contributed by atoms with van der Waals surface area (Å²) < 4.78 is 24.3. The van der Waals surface area contributed by atoms with Gasteiger partial charge in [0.1, 0.15) is 0 Å². The summed E-state index contributed by atoms with van der Waals surface area (Å²) in [7, 11) is -3.71. The highest BCUT2D eigenvalue weighted by Crippen LogP contribution is 2.37. The van der Waals surface area contributed by atoms with Crippen LogP contribution in [0.3, 0.4) is 0 Å². The number of primary sulfonamides is 1. The van der Waals surface area contributed by atoms with Crippen LogP contribution < -0.4 is 5.14 Å². The monoisotopic (exact) mass is 381 g/mol. The Morgan fingerprint density at radius 1 is 0.923 bits per heavy atom. The summed E-state index contributed by atoms with van der Waals surface area (Å²) in [5, 5.41) is 5.54. The summed E-state index contributed by atoms with van der Waals surface area (Å²) in [6.45, 7) is 13.2. The Morgan fingerprint density at radius 3 is 2.04 bits per heavy atom. The second-order valence-corrected chi connectivity index (χ2v) is 11.0. The highest BCUT2D eigenvalue weighted by molar-refractivity contribution is 7.89. The van der Waals surface area contributed by atoms with E-state index < -0.39 is 10.0 Å². The molecule has 0 aliphatic heterocycles. The molecule has 0 amide bonds. The van der Waals surface area contributed by atoms with Crippen molar-refractivity contribution in [2.75, 3.05) is 0 Å². The lowest BCUT2D eigenvalue weighted by Crippen LogP contribution is -2.25. The van der Waals surface area contributed by atoms with Crippen LogP contribution in [0.1, 0.15) is 97.6 Å². The highest BCUT2D eigenvalue weighted by Gasteiger charge is 2.28. The maximum atomic E-state index is 12.2. The Bertz CT molecular complexity index is 670. The smallest absolute Gasteiger partial charge is 0.225 e. The number of aryl methyl sites for hydroxylation is 1. The molecule has 1 aromatic rings. The molecule has 0 bridgehead atoms. The first kappa shape index (κ1) is 23.2. The third kappa shape index (κ3) is 7.79. The molecule has 0 aliphatic rings. The Balaban J connectivity index is 2.97. The summed E-state index contributed by atoms with van der Waals surface area (Å²) in [5.74, 6) is 0. The van der Waals surface area contributed by atoms with E-state index in [1.165, 1.54) is 25.7 Å². The summed E-state index contributed by atoms with van der Waals surface area (Å²) in [4.78, 5) is 0.311. The minimum absolute atomic E-state index is 0.101. The molecule has 1 aromatic carbocycles. The number of benzene rings is 1. The standard InChI is InChI=1S/C22H39NO2S/c1-7-8-9-10-11-12-13-18-14-15-19(16-20(18)26(23,24)25)22(5,6)17-21(2,3)4/h14-16H,7-13,17H2,1-6H3,(H2,23,24,25). The lowest BCUT2D eigenvalue weighted by atomic mass is 9.72. The first-order valence-electron chi connectivity index (χ1n) is 10.0. The zero-order chi connectivity index (χ0) is 20.0. The average molecular weight is 382 g/mol. The van der Waals surface area contributed by atoms with Crippen molar-refractivity contribution in [3.05, 3.63) is 29.3 Å². The molecular weight excluding hydrogens is 342 g/mol. The van der Waals surface area contributed by atoms with Gasteiger partial charge in [-0.1, -0.05) is 85.8 Å². The predicted octanol–water partition coefficient (Wildman–Crippen LogP) is 5.95. The molecule has 0 heterocycles. The quantitative estimate of drug-likeness (QED) is 0.509. The SMILES string of the molecule is CCCCCCCCc1ccc(C(C)(C)CC(C)(C)C)cc1S(N)(=O)=O. The van der Waals surface area contributed by atoms with E-state index in [4.69, 9.17) is 5.14 Å². The van der Waals surface area contributed by atoms with Crippen LogP contribution in [0.5, 0.6) is 0 Å². The molecule has 1 rings (SSSR count). The third-order valence-electron chi connectivity index (χ3n) is 4.93. The van der Waals surface area contributed by atoms with Crippen LogP contribution in [0, 0.1) is 5.41 Å². The van der Waals surface area contributed by atoms with Crippen LogP contribution >= 0.6 is 0 Å². The molecule has 0 fully saturated rings. The molecule has 3 nitrogen and oxygen atoms in total. The van der Waals surface area contributed by atoms with E-state index in [-0.39, 0.29) is 10.8 Å². The van der Waals surface area contributed by atoms with Crippen molar-refractivity contribution in [3.63, 3.8) is 0 Å². The van der Waals surface area contributed by atoms with Gasteiger partial charge in [0.2, 0.25) is 10.0 Å². The average Bonchev–Trinajstić information content (AvgIpc) is 2.47. The van der Waals surface area contributed by atoms with Crippen LogP contribution in [0.2, 0.25) is 0 Å². The van der Waals surface area contributed by atoms with Gasteiger partial charge >= 0.3 is 0 Å². The van der Waals surface area contributed by atoms with E-state index in [0.717, 1.165) is 36.8 Å². The van der Waals surface area contributed by atoms with Gasteiger partial charge in [-0.2, -0.15) is 0 Å². The van der Waals surface area contributed by atoms with Gasteiger partial charge in [0.05, 0.1) is 4.90 Å². The molecular formula is C22H39NO2S. The molecule has 0 saturated carbocycles. The Morgan fingerprint density at radius 2 is 1.50 bits per heavy atom. The van der Waals surface area contributed by atoms with E-state index in [0.29, 0.717) is 4.90 Å². The Labute approximate surface area is 161 Å². The molecule has 0 atom stereocenters. The van der Waals surface area contributed by atoms with Gasteiger partial charge in [0, 0.05) is 0 Å². The van der Waals surface area contributed by atoms with E-state index in [9.17, 15) is 8.42 Å². The largest absolute Gasteiger partial charge is 0.238 e. The van der Waals surface area contributed by atoms with Crippen molar-refractivity contribution in [1.29, 1.82) is 0 Å². The molecule has 150 valence electrons. The third-order valence-corrected chi connectivity index (χ3v) is 5.92. The summed E-state index contributed by atoms with van der Waals surface area (Å²) in [6, 6.07) is 5.88. The predicted molar refractivity (Wildman–Crippen MR) is 112 cm³/mol. The minimum Gasteiger partial charge on any atom is -0.225 e. The van der Waals surface area contributed by atoms with E-state index >= 15 is 0 Å². The van der Waals surface area contributed by atoms with Crippen LogP contribution in [-0.2, 0) is 21.9 Å². The molecule has 0 saturated heterocycles. The highest BCUT2D eigenvalue weighted by atomic mass is 32.2. The maximum absolute atomic E-state index is 12.2. The fourth-order valence-electron chi connectivity index (χ4n) is 3.97. The van der Waals surface area contributed by atoms with Crippen LogP contribution in [0.15, 0.2) is 23.1 Å². The molecule has 2 N–H and O–H groups in total. The normalized spacial score (nSPS) is 13.2. The van der Waals surface area contributed by atoms with Crippen molar-refractivity contribution in [1.82, 2.24) is 0 Å². The van der Waals surface area contributed by atoms with Gasteiger partial charge in [0.15, 0.2) is 0 Å².